The standard InChI is InChI=1S/C25H27N5O4/c1-25(2,26)22(24(33)29-34)27-23(32)19-12-8-17(9-13-19)5-4-16-6-10-18(11-7-16)21-14-20(15-31)28-30(21)3/h6-14,22,31,34H,15,26H2,1-3H3,(H,27,32)(H,29,33). The van der Waals surface area contributed by atoms with Crippen LogP contribution < -0.4 is 16.5 Å². The van der Waals surface area contributed by atoms with Crippen molar-refractivity contribution in [3.05, 3.63) is 77.0 Å². The van der Waals surface area contributed by atoms with E-state index in [-0.39, 0.29) is 6.61 Å². The Bertz CT molecular complexity index is 1230. The van der Waals surface area contributed by atoms with Crippen LogP contribution in [0.25, 0.3) is 11.3 Å². The van der Waals surface area contributed by atoms with Crippen molar-refractivity contribution >= 4 is 11.8 Å². The molecule has 0 saturated carbocycles. The van der Waals surface area contributed by atoms with Crippen LogP contribution in [-0.2, 0) is 18.4 Å². The lowest BCUT2D eigenvalue weighted by Crippen LogP contribution is -2.61. The van der Waals surface area contributed by atoms with Gasteiger partial charge in [0.05, 0.1) is 18.0 Å². The highest BCUT2D eigenvalue weighted by molar-refractivity contribution is 5.97. The van der Waals surface area contributed by atoms with E-state index in [1.54, 1.807) is 42.8 Å². The van der Waals surface area contributed by atoms with Gasteiger partial charge in [-0.3, -0.25) is 19.5 Å². The summed E-state index contributed by atoms with van der Waals surface area (Å²) in [6, 6.07) is 15.0. The fraction of sp³-hybridized carbons (Fsp3) is 0.240. The number of nitrogens with zero attached hydrogens (tertiary/aromatic N) is 2. The molecule has 0 aliphatic heterocycles. The van der Waals surface area contributed by atoms with Gasteiger partial charge in [-0.1, -0.05) is 24.0 Å². The Balaban J connectivity index is 1.69. The number of hydrogen-bond acceptors (Lipinski definition) is 6. The highest BCUT2D eigenvalue weighted by Gasteiger charge is 2.33. The number of benzene rings is 2. The third kappa shape index (κ3) is 5.88. The zero-order valence-electron chi connectivity index (χ0n) is 19.2. The Morgan fingerprint density at radius 3 is 2.12 bits per heavy atom. The van der Waals surface area contributed by atoms with Crippen molar-refractivity contribution in [3.8, 4) is 23.1 Å². The molecule has 0 aliphatic carbocycles. The summed E-state index contributed by atoms with van der Waals surface area (Å²) < 4.78 is 1.72. The van der Waals surface area contributed by atoms with E-state index in [0.717, 1.165) is 16.8 Å². The lowest BCUT2D eigenvalue weighted by Gasteiger charge is -2.29. The Labute approximate surface area is 197 Å². The van der Waals surface area contributed by atoms with Crippen molar-refractivity contribution in [2.45, 2.75) is 32.0 Å². The maximum absolute atomic E-state index is 12.5. The van der Waals surface area contributed by atoms with Crippen LogP contribution in [0, 0.1) is 11.8 Å². The number of hydrogen-bond donors (Lipinski definition) is 5. The number of aryl methyl sites for hydroxylation is 1. The second-order valence-electron chi connectivity index (χ2n) is 8.41. The van der Waals surface area contributed by atoms with Gasteiger partial charge < -0.3 is 16.2 Å². The van der Waals surface area contributed by atoms with E-state index in [0.29, 0.717) is 16.8 Å². The third-order valence-electron chi connectivity index (χ3n) is 5.16. The normalized spacial score (nSPS) is 11.8. The van der Waals surface area contributed by atoms with E-state index in [1.807, 2.05) is 37.4 Å². The number of hydroxylamine groups is 1. The van der Waals surface area contributed by atoms with E-state index in [2.05, 4.69) is 22.3 Å². The molecule has 0 aliphatic rings. The molecule has 0 bridgehead atoms. The van der Waals surface area contributed by atoms with Gasteiger partial charge >= 0.3 is 0 Å². The van der Waals surface area contributed by atoms with Crippen LogP contribution >= 0.6 is 0 Å². The fourth-order valence-electron chi connectivity index (χ4n) is 3.32. The molecule has 2 aromatic carbocycles. The van der Waals surface area contributed by atoms with Gasteiger partial charge in [0.1, 0.15) is 6.04 Å². The monoisotopic (exact) mass is 461 g/mol. The minimum atomic E-state index is -1.12. The summed E-state index contributed by atoms with van der Waals surface area (Å²) in [6.07, 6.45) is 0. The molecule has 0 saturated heterocycles. The molecule has 0 fully saturated rings. The SMILES string of the molecule is Cn1nc(CO)cc1-c1ccc(C#Cc2ccc(C(=O)NC(C(=O)NO)C(C)(C)N)cc2)cc1. The minimum absolute atomic E-state index is 0.110. The molecule has 34 heavy (non-hydrogen) atoms. The second-order valence-corrected chi connectivity index (χ2v) is 8.41. The van der Waals surface area contributed by atoms with Crippen molar-refractivity contribution in [1.29, 1.82) is 0 Å². The lowest BCUT2D eigenvalue weighted by molar-refractivity contribution is -0.132. The molecule has 9 nitrogen and oxygen atoms in total. The zero-order valence-corrected chi connectivity index (χ0v) is 19.2. The largest absolute Gasteiger partial charge is 0.390 e. The molecule has 0 spiro atoms. The second kappa shape index (κ2) is 10.3. The van der Waals surface area contributed by atoms with E-state index < -0.39 is 23.4 Å². The van der Waals surface area contributed by atoms with Crippen LogP contribution in [0.1, 0.15) is 41.0 Å². The number of carbonyl (C=O) groups excluding carboxylic acids is 2. The Morgan fingerprint density at radius 1 is 1.09 bits per heavy atom. The molecule has 1 atom stereocenters. The molecule has 1 aromatic heterocycles. The predicted molar refractivity (Wildman–Crippen MR) is 126 cm³/mol. The maximum Gasteiger partial charge on any atom is 0.267 e. The van der Waals surface area contributed by atoms with Crippen molar-refractivity contribution in [1.82, 2.24) is 20.6 Å². The van der Waals surface area contributed by atoms with Crippen LogP contribution in [0.3, 0.4) is 0 Å². The molecular formula is C25H27N5O4. The summed E-state index contributed by atoms with van der Waals surface area (Å²) >= 11 is 0. The highest BCUT2D eigenvalue weighted by Crippen LogP contribution is 2.20. The van der Waals surface area contributed by atoms with Crippen LogP contribution in [0.5, 0.6) is 0 Å². The van der Waals surface area contributed by atoms with Crippen LogP contribution in [0.15, 0.2) is 54.6 Å². The smallest absolute Gasteiger partial charge is 0.267 e. The van der Waals surface area contributed by atoms with Crippen molar-refractivity contribution in [3.63, 3.8) is 0 Å². The maximum atomic E-state index is 12.5. The fourth-order valence-corrected chi connectivity index (χ4v) is 3.32. The third-order valence-corrected chi connectivity index (χ3v) is 5.16. The summed E-state index contributed by atoms with van der Waals surface area (Å²) in [5.74, 6) is 4.84. The molecule has 2 amide bonds. The first-order valence-corrected chi connectivity index (χ1v) is 10.5. The number of aliphatic hydroxyl groups excluding tert-OH is 1. The first-order chi connectivity index (χ1) is 16.1. The molecule has 1 unspecified atom stereocenters. The van der Waals surface area contributed by atoms with E-state index in [1.165, 1.54) is 5.48 Å². The number of amides is 2. The summed E-state index contributed by atoms with van der Waals surface area (Å²) in [5, 5.41) is 24.9. The Kier molecular flexibility index (Phi) is 7.48. The lowest BCUT2D eigenvalue weighted by atomic mass is 9.95. The molecule has 176 valence electrons. The molecule has 0 radical (unpaired) electrons. The molecule has 1 heterocycles. The summed E-state index contributed by atoms with van der Waals surface area (Å²) in [7, 11) is 1.82. The number of nitrogens with two attached hydrogens (primary N) is 1. The topological polar surface area (TPSA) is 142 Å². The van der Waals surface area contributed by atoms with Crippen LogP contribution in [0.4, 0.5) is 0 Å². The summed E-state index contributed by atoms with van der Waals surface area (Å²) in [6.45, 7) is 3.03. The van der Waals surface area contributed by atoms with E-state index in [9.17, 15) is 14.7 Å². The van der Waals surface area contributed by atoms with Gasteiger partial charge in [0.25, 0.3) is 11.8 Å². The van der Waals surface area contributed by atoms with E-state index >= 15 is 0 Å². The highest BCUT2D eigenvalue weighted by atomic mass is 16.5. The molecule has 3 aromatic rings. The zero-order chi connectivity index (χ0) is 24.9. The molecule has 9 heteroatoms. The van der Waals surface area contributed by atoms with E-state index in [4.69, 9.17) is 10.9 Å². The number of aromatic nitrogens is 2. The van der Waals surface area contributed by atoms with Crippen molar-refractivity contribution < 1.29 is 19.9 Å². The summed E-state index contributed by atoms with van der Waals surface area (Å²) in [4.78, 5) is 24.4. The van der Waals surface area contributed by atoms with Gasteiger partial charge in [-0.2, -0.15) is 5.10 Å². The van der Waals surface area contributed by atoms with Gasteiger partial charge in [0.2, 0.25) is 0 Å². The van der Waals surface area contributed by atoms with Gasteiger partial charge in [-0.25, -0.2) is 5.48 Å². The Morgan fingerprint density at radius 2 is 1.65 bits per heavy atom. The molecule has 3 rings (SSSR count). The first kappa shape index (κ1) is 24.7. The van der Waals surface area contributed by atoms with Gasteiger partial charge in [0.15, 0.2) is 0 Å². The van der Waals surface area contributed by atoms with Gasteiger partial charge in [0, 0.05) is 29.3 Å². The predicted octanol–water partition coefficient (Wildman–Crippen LogP) is 1.32. The van der Waals surface area contributed by atoms with Gasteiger partial charge in [-0.05, 0) is 61.9 Å². The van der Waals surface area contributed by atoms with Crippen molar-refractivity contribution in [2.24, 2.45) is 12.8 Å². The number of carbonyl (C=O) groups is 2. The number of nitrogens with one attached hydrogen (secondary N) is 2. The first-order valence-electron chi connectivity index (χ1n) is 10.5. The quantitative estimate of drug-likeness (QED) is 0.213. The average molecular weight is 462 g/mol. The molecular weight excluding hydrogens is 434 g/mol. The number of rotatable bonds is 6. The van der Waals surface area contributed by atoms with Crippen LogP contribution in [-0.4, -0.2) is 43.5 Å². The Hall–Kier alpha value is -3.97. The molecule has 6 N–H and O–H groups in total. The van der Waals surface area contributed by atoms with Gasteiger partial charge in [-0.15, -0.1) is 0 Å². The van der Waals surface area contributed by atoms with Crippen molar-refractivity contribution in [2.75, 3.05) is 0 Å². The minimum Gasteiger partial charge on any atom is -0.390 e. The van der Waals surface area contributed by atoms with Crippen LogP contribution in [0.2, 0.25) is 0 Å². The summed E-state index contributed by atoms with van der Waals surface area (Å²) in [5.41, 5.74) is 10.7. The average Bonchev–Trinajstić information content (AvgIpc) is 3.21. The number of aliphatic hydroxyl groups is 1.